The summed E-state index contributed by atoms with van der Waals surface area (Å²) in [6.07, 6.45) is 1.48. The molecule has 0 amide bonds. The van der Waals surface area contributed by atoms with E-state index in [4.69, 9.17) is 0 Å². The molecule has 2 aromatic rings. The van der Waals surface area contributed by atoms with Crippen LogP contribution in [0.3, 0.4) is 0 Å². The lowest BCUT2D eigenvalue weighted by Crippen LogP contribution is -1.95. The molecule has 78 valence electrons. The minimum atomic E-state index is 0.210. The van der Waals surface area contributed by atoms with E-state index in [1.165, 1.54) is 0 Å². The number of carbonyl (C=O) groups excluding carboxylic acids is 1. The number of carbonyl (C=O) groups is 1. The van der Waals surface area contributed by atoms with Gasteiger partial charge in [-0.05, 0) is 27.4 Å². The van der Waals surface area contributed by atoms with Gasteiger partial charge in [0.25, 0.3) is 0 Å². The van der Waals surface area contributed by atoms with Crippen LogP contribution < -0.4 is 0 Å². The van der Waals surface area contributed by atoms with Crippen LogP contribution in [0.15, 0.2) is 22.8 Å². The second-order valence-corrected chi connectivity index (χ2v) is 4.38. The Morgan fingerprint density at radius 3 is 3.13 bits per heavy atom. The molecule has 1 N–H and O–H groups in total. The first-order valence-corrected chi connectivity index (χ1v) is 5.59. The summed E-state index contributed by atoms with van der Waals surface area (Å²) in [6.45, 7) is 2.03. The van der Waals surface area contributed by atoms with E-state index in [0.717, 1.165) is 27.4 Å². The predicted molar refractivity (Wildman–Crippen MR) is 62.9 cm³/mol. The molecule has 4 heteroatoms. The fourth-order valence-electron chi connectivity index (χ4n) is 1.70. The summed E-state index contributed by atoms with van der Waals surface area (Å²) in [5, 5.41) is 8.19. The normalized spacial score (nSPS) is 12.9. The van der Waals surface area contributed by atoms with E-state index in [2.05, 4.69) is 26.1 Å². The molecule has 1 aromatic heterocycles. The van der Waals surface area contributed by atoms with E-state index in [1.54, 1.807) is 0 Å². The molecule has 0 bridgehead atoms. The van der Waals surface area contributed by atoms with Gasteiger partial charge in [0, 0.05) is 11.8 Å². The Balaban J connectivity index is 2.55. The van der Waals surface area contributed by atoms with E-state index in [0.29, 0.717) is 6.42 Å². The van der Waals surface area contributed by atoms with Crippen molar-refractivity contribution >= 4 is 33.1 Å². The maximum absolute atomic E-state index is 10.5. The van der Waals surface area contributed by atoms with E-state index in [1.807, 2.05) is 25.1 Å². The molecule has 0 aliphatic carbocycles. The van der Waals surface area contributed by atoms with Gasteiger partial charge < -0.3 is 4.79 Å². The minimum Gasteiger partial charge on any atom is -0.303 e. The highest BCUT2D eigenvalue weighted by Crippen LogP contribution is 2.29. The zero-order chi connectivity index (χ0) is 10.8. The van der Waals surface area contributed by atoms with Gasteiger partial charge in [-0.15, -0.1) is 0 Å². The summed E-state index contributed by atoms with van der Waals surface area (Å²) >= 11 is 3.40. The monoisotopic (exact) mass is 266 g/mol. The van der Waals surface area contributed by atoms with Crippen molar-refractivity contribution in [3.05, 3.63) is 28.4 Å². The highest BCUT2D eigenvalue weighted by atomic mass is 79.9. The summed E-state index contributed by atoms with van der Waals surface area (Å²) in [7, 11) is 0. The summed E-state index contributed by atoms with van der Waals surface area (Å²) in [5.74, 6) is 0.210. The molecule has 0 saturated heterocycles. The van der Waals surface area contributed by atoms with E-state index < -0.39 is 0 Å². The molecule has 0 spiro atoms. The lowest BCUT2D eigenvalue weighted by molar-refractivity contribution is -0.108. The number of hydrogen-bond acceptors (Lipinski definition) is 2. The number of hydrogen-bond donors (Lipinski definition) is 1. The molecule has 1 atom stereocenters. The SMILES string of the molecule is CC(CC=O)c1cccc2c(Br)[nH]nc12. The highest BCUT2D eigenvalue weighted by Gasteiger charge is 2.12. The van der Waals surface area contributed by atoms with E-state index >= 15 is 0 Å². The van der Waals surface area contributed by atoms with Gasteiger partial charge >= 0.3 is 0 Å². The van der Waals surface area contributed by atoms with Crippen molar-refractivity contribution in [2.24, 2.45) is 0 Å². The molecule has 0 fully saturated rings. The van der Waals surface area contributed by atoms with Crippen LogP contribution >= 0.6 is 15.9 Å². The van der Waals surface area contributed by atoms with Crippen molar-refractivity contribution in [1.29, 1.82) is 0 Å². The molecule has 1 aromatic carbocycles. The topological polar surface area (TPSA) is 45.8 Å². The number of nitrogens with one attached hydrogen (secondary N) is 1. The van der Waals surface area contributed by atoms with Gasteiger partial charge in [-0.25, -0.2) is 0 Å². The molecule has 1 unspecified atom stereocenters. The number of para-hydroxylation sites is 1. The summed E-state index contributed by atoms with van der Waals surface area (Å²) in [5.41, 5.74) is 2.06. The fourth-order valence-corrected chi connectivity index (χ4v) is 2.11. The average molecular weight is 267 g/mol. The van der Waals surface area contributed by atoms with Crippen LogP contribution in [0.25, 0.3) is 10.9 Å². The number of halogens is 1. The Kier molecular flexibility index (Phi) is 2.86. The third kappa shape index (κ3) is 1.81. The number of nitrogens with zero attached hydrogens (tertiary/aromatic N) is 1. The number of aromatic nitrogens is 2. The third-order valence-electron chi connectivity index (χ3n) is 2.55. The molecule has 1 heterocycles. The third-order valence-corrected chi connectivity index (χ3v) is 3.15. The Morgan fingerprint density at radius 1 is 1.60 bits per heavy atom. The Hall–Kier alpha value is -1.16. The van der Waals surface area contributed by atoms with Crippen molar-refractivity contribution in [1.82, 2.24) is 10.2 Å². The summed E-state index contributed by atoms with van der Waals surface area (Å²) < 4.78 is 0.887. The van der Waals surface area contributed by atoms with Gasteiger partial charge in [0.05, 0.1) is 5.52 Å². The molecule has 2 rings (SSSR count). The molecular weight excluding hydrogens is 256 g/mol. The predicted octanol–water partition coefficient (Wildman–Crippen LogP) is 3.02. The van der Waals surface area contributed by atoms with Gasteiger partial charge in [0.1, 0.15) is 10.9 Å². The molecule has 0 aliphatic heterocycles. The van der Waals surface area contributed by atoms with Crippen molar-refractivity contribution in [2.45, 2.75) is 19.3 Å². The maximum atomic E-state index is 10.5. The Labute approximate surface area is 96.0 Å². The van der Waals surface area contributed by atoms with E-state index in [9.17, 15) is 4.79 Å². The molecule has 0 saturated carbocycles. The Bertz CT molecular complexity index is 492. The number of aromatic amines is 1. The van der Waals surface area contributed by atoms with Crippen LogP contribution in [0.4, 0.5) is 0 Å². The second kappa shape index (κ2) is 4.14. The second-order valence-electron chi connectivity index (χ2n) is 3.58. The van der Waals surface area contributed by atoms with Crippen LogP contribution in [0, 0.1) is 0 Å². The highest BCUT2D eigenvalue weighted by molar-refractivity contribution is 9.10. The Morgan fingerprint density at radius 2 is 2.40 bits per heavy atom. The lowest BCUT2D eigenvalue weighted by atomic mass is 9.96. The molecular formula is C11H11BrN2O. The largest absolute Gasteiger partial charge is 0.303 e. The fraction of sp³-hybridized carbons (Fsp3) is 0.273. The van der Waals surface area contributed by atoms with Crippen LogP contribution in [-0.2, 0) is 4.79 Å². The molecule has 3 nitrogen and oxygen atoms in total. The van der Waals surface area contributed by atoms with Crippen LogP contribution in [0.1, 0.15) is 24.8 Å². The zero-order valence-electron chi connectivity index (χ0n) is 8.33. The summed E-state index contributed by atoms with van der Waals surface area (Å²) in [6, 6.07) is 6.00. The van der Waals surface area contributed by atoms with Crippen LogP contribution in [0.5, 0.6) is 0 Å². The van der Waals surface area contributed by atoms with Crippen molar-refractivity contribution < 1.29 is 4.79 Å². The van der Waals surface area contributed by atoms with Crippen molar-refractivity contribution in [2.75, 3.05) is 0 Å². The van der Waals surface area contributed by atoms with Crippen molar-refractivity contribution in [3.63, 3.8) is 0 Å². The standard InChI is InChI=1S/C11H11BrN2O/c1-7(5-6-15)8-3-2-4-9-10(8)13-14-11(9)12/h2-4,6-7H,5H2,1H3,(H,13,14). The van der Waals surface area contributed by atoms with Gasteiger partial charge in [-0.3, -0.25) is 5.10 Å². The first-order chi connectivity index (χ1) is 7.24. The van der Waals surface area contributed by atoms with Gasteiger partial charge in [0.2, 0.25) is 0 Å². The van der Waals surface area contributed by atoms with Gasteiger partial charge in [0.15, 0.2) is 0 Å². The average Bonchev–Trinajstić information content (AvgIpc) is 2.61. The molecule has 0 radical (unpaired) electrons. The smallest absolute Gasteiger partial charge is 0.120 e. The van der Waals surface area contributed by atoms with Gasteiger partial charge in [-0.2, -0.15) is 5.10 Å². The number of benzene rings is 1. The first-order valence-electron chi connectivity index (χ1n) is 4.80. The summed E-state index contributed by atoms with van der Waals surface area (Å²) in [4.78, 5) is 10.5. The van der Waals surface area contributed by atoms with Crippen LogP contribution in [-0.4, -0.2) is 16.5 Å². The minimum absolute atomic E-state index is 0.210. The van der Waals surface area contributed by atoms with E-state index in [-0.39, 0.29) is 5.92 Å². The number of aldehydes is 1. The number of H-pyrrole nitrogens is 1. The number of rotatable bonds is 3. The quantitative estimate of drug-likeness (QED) is 0.869. The lowest BCUT2D eigenvalue weighted by Gasteiger charge is -2.08. The number of fused-ring (bicyclic) bond motifs is 1. The first kappa shape index (κ1) is 10.4. The van der Waals surface area contributed by atoms with Gasteiger partial charge in [-0.1, -0.05) is 25.1 Å². The molecule has 0 aliphatic rings. The zero-order valence-corrected chi connectivity index (χ0v) is 9.91. The van der Waals surface area contributed by atoms with Crippen LogP contribution in [0.2, 0.25) is 0 Å². The maximum Gasteiger partial charge on any atom is 0.120 e. The molecule has 15 heavy (non-hydrogen) atoms. The van der Waals surface area contributed by atoms with Crippen molar-refractivity contribution in [3.8, 4) is 0 Å².